The number of hydrogen-bond acceptors (Lipinski definition) is 4. The highest BCUT2D eigenvalue weighted by Crippen LogP contribution is 2.26. The Labute approximate surface area is 241 Å². The van der Waals surface area contributed by atoms with Gasteiger partial charge in [-0.05, 0) is 61.7 Å². The van der Waals surface area contributed by atoms with E-state index in [4.69, 9.17) is 4.98 Å². The van der Waals surface area contributed by atoms with Crippen molar-refractivity contribution in [2.75, 3.05) is 11.9 Å². The molecule has 41 heavy (non-hydrogen) atoms. The lowest BCUT2D eigenvalue weighted by Gasteiger charge is -2.22. The molecule has 5 rings (SSSR count). The summed E-state index contributed by atoms with van der Waals surface area (Å²) in [5, 5.41) is 2.89. The molecule has 0 radical (unpaired) electrons. The second-order valence-corrected chi connectivity index (χ2v) is 12.0. The molecule has 1 aromatic heterocycles. The molecule has 0 aliphatic rings. The highest BCUT2D eigenvalue weighted by Gasteiger charge is 2.27. The van der Waals surface area contributed by atoms with E-state index in [0.717, 1.165) is 33.5 Å². The molecule has 1 heterocycles. The summed E-state index contributed by atoms with van der Waals surface area (Å²) in [5.41, 5.74) is 6.41. The number of anilines is 1. The van der Waals surface area contributed by atoms with Crippen LogP contribution in [0.25, 0.3) is 16.9 Å². The van der Waals surface area contributed by atoms with E-state index >= 15 is 0 Å². The molecular weight excluding hydrogens is 532 g/mol. The monoisotopic (exact) mass is 564 g/mol. The number of aromatic nitrogens is 2. The Morgan fingerprint density at radius 2 is 1.49 bits per heavy atom. The molecule has 0 aliphatic carbocycles. The SMILES string of the molecule is Cc1ccc(S(=O)(=O)N(CC(=O)Nc2nc(-c3ccccc3)cn2-c2ccc(C)c(C)c2)Cc2ccccc2)cc1. The van der Waals surface area contributed by atoms with E-state index in [1.165, 1.54) is 4.31 Å². The molecule has 4 aromatic carbocycles. The highest BCUT2D eigenvalue weighted by atomic mass is 32.2. The Kier molecular flexibility index (Phi) is 8.14. The summed E-state index contributed by atoms with van der Waals surface area (Å²) < 4.78 is 30.4. The second kappa shape index (κ2) is 11.9. The van der Waals surface area contributed by atoms with Crippen molar-refractivity contribution in [1.29, 1.82) is 0 Å². The van der Waals surface area contributed by atoms with Crippen molar-refractivity contribution >= 4 is 21.9 Å². The van der Waals surface area contributed by atoms with E-state index in [1.807, 2.05) is 110 Å². The summed E-state index contributed by atoms with van der Waals surface area (Å²) >= 11 is 0. The molecule has 0 atom stereocenters. The highest BCUT2D eigenvalue weighted by molar-refractivity contribution is 7.89. The van der Waals surface area contributed by atoms with Gasteiger partial charge >= 0.3 is 0 Å². The topological polar surface area (TPSA) is 84.3 Å². The fourth-order valence-electron chi connectivity index (χ4n) is 4.49. The van der Waals surface area contributed by atoms with Gasteiger partial charge in [-0.1, -0.05) is 84.4 Å². The van der Waals surface area contributed by atoms with Crippen molar-refractivity contribution in [2.45, 2.75) is 32.2 Å². The van der Waals surface area contributed by atoms with Gasteiger partial charge in [0.05, 0.1) is 17.1 Å². The maximum atomic E-state index is 13.7. The van der Waals surface area contributed by atoms with Gasteiger partial charge in [-0.3, -0.25) is 14.7 Å². The third kappa shape index (κ3) is 6.45. The minimum Gasteiger partial charge on any atom is -0.294 e. The van der Waals surface area contributed by atoms with Gasteiger partial charge in [0.15, 0.2) is 0 Å². The molecule has 1 amide bonds. The molecule has 0 spiro atoms. The van der Waals surface area contributed by atoms with E-state index in [9.17, 15) is 13.2 Å². The third-order valence-electron chi connectivity index (χ3n) is 6.98. The van der Waals surface area contributed by atoms with Crippen molar-refractivity contribution in [3.05, 3.63) is 132 Å². The molecule has 1 N–H and O–H groups in total. The van der Waals surface area contributed by atoms with Crippen molar-refractivity contribution in [2.24, 2.45) is 0 Å². The van der Waals surface area contributed by atoms with Crippen LogP contribution < -0.4 is 5.32 Å². The number of benzene rings is 4. The normalized spacial score (nSPS) is 11.5. The molecule has 5 aromatic rings. The minimum atomic E-state index is -3.97. The van der Waals surface area contributed by atoms with Gasteiger partial charge < -0.3 is 0 Å². The predicted molar refractivity (Wildman–Crippen MR) is 162 cm³/mol. The first-order valence-corrected chi connectivity index (χ1v) is 14.8. The van der Waals surface area contributed by atoms with Crippen LogP contribution in [0.4, 0.5) is 5.95 Å². The zero-order valence-corrected chi connectivity index (χ0v) is 24.1. The van der Waals surface area contributed by atoms with Crippen LogP contribution in [0, 0.1) is 20.8 Å². The van der Waals surface area contributed by atoms with E-state index in [-0.39, 0.29) is 18.0 Å². The van der Waals surface area contributed by atoms with Gasteiger partial charge in [0, 0.05) is 24.0 Å². The summed E-state index contributed by atoms with van der Waals surface area (Å²) in [6, 6.07) is 31.6. The van der Waals surface area contributed by atoms with Gasteiger partial charge in [0.1, 0.15) is 0 Å². The minimum absolute atomic E-state index is 0.0470. The van der Waals surface area contributed by atoms with Crippen LogP contribution >= 0.6 is 0 Å². The Morgan fingerprint density at radius 1 is 0.829 bits per heavy atom. The summed E-state index contributed by atoms with van der Waals surface area (Å²) in [6.07, 6.45) is 1.87. The van der Waals surface area contributed by atoms with Crippen molar-refractivity contribution in [3.63, 3.8) is 0 Å². The largest absolute Gasteiger partial charge is 0.294 e. The molecular formula is C33H32N4O3S. The number of amides is 1. The lowest BCUT2D eigenvalue weighted by molar-refractivity contribution is -0.116. The molecule has 7 nitrogen and oxygen atoms in total. The molecule has 0 fully saturated rings. The average molecular weight is 565 g/mol. The zero-order chi connectivity index (χ0) is 29.0. The van der Waals surface area contributed by atoms with Crippen molar-refractivity contribution in [1.82, 2.24) is 13.9 Å². The predicted octanol–water partition coefficient (Wildman–Crippen LogP) is 6.29. The molecule has 0 saturated heterocycles. The van der Waals surface area contributed by atoms with E-state index < -0.39 is 15.9 Å². The van der Waals surface area contributed by atoms with Crippen LogP contribution in [-0.4, -0.2) is 34.7 Å². The standard InChI is InChI=1S/C33H32N4O3S/c1-24-14-18-30(19-15-24)41(39,40)36(21-27-10-6-4-7-11-27)23-32(38)35-33-34-31(28-12-8-5-9-13-28)22-37(33)29-17-16-25(2)26(3)20-29/h4-20,22H,21,23H2,1-3H3,(H,34,35,38). The molecule has 0 saturated carbocycles. The van der Waals surface area contributed by atoms with Gasteiger partial charge in [-0.25, -0.2) is 13.4 Å². The maximum absolute atomic E-state index is 13.7. The summed E-state index contributed by atoms with van der Waals surface area (Å²) in [6.45, 7) is 5.63. The van der Waals surface area contributed by atoms with Crippen LogP contribution in [0.15, 0.2) is 114 Å². The summed E-state index contributed by atoms with van der Waals surface area (Å²) in [7, 11) is -3.97. The van der Waals surface area contributed by atoms with Gasteiger partial charge in [0.25, 0.3) is 0 Å². The Bertz CT molecular complexity index is 1770. The lowest BCUT2D eigenvalue weighted by Crippen LogP contribution is -2.38. The summed E-state index contributed by atoms with van der Waals surface area (Å²) in [4.78, 5) is 18.4. The molecule has 208 valence electrons. The fraction of sp³-hybridized carbons (Fsp3) is 0.152. The number of hydrogen-bond donors (Lipinski definition) is 1. The molecule has 0 bridgehead atoms. The van der Waals surface area contributed by atoms with Crippen molar-refractivity contribution < 1.29 is 13.2 Å². The van der Waals surface area contributed by atoms with Crippen LogP contribution in [0.1, 0.15) is 22.3 Å². The number of carbonyl (C=O) groups is 1. The van der Waals surface area contributed by atoms with Gasteiger partial charge in [-0.2, -0.15) is 4.31 Å². The van der Waals surface area contributed by atoms with Gasteiger partial charge in [0.2, 0.25) is 21.9 Å². The number of carbonyl (C=O) groups excluding carboxylic acids is 1. The average Bonchev–Trinajstić information content (AvgIpc) is 3.39. The summed E-state index contributed by atoms with van der Waals surface area (Å²) in [5.74, 6) is -0.184. The smallest absolute Gasteiger partial charge is 0.243 e. The maximum Gasteiger partial charge on any atom is 0.243 e. The van der Waals surface area contributed by atoms with Crippen molar-refractivity contribution in [3.8, 4) is 16.9 Å². The van der Waals surface area contributed by atoms with Crippen LogP contribution in [0.3, 0.4) is 0 Å². The Balaban J connectivity index is 1.48. The first-order valence-electron chi connectivity index (χ1n) is 13.3. The van der Waals surface area contributed by atoms with Crippen LogP contribution in [-0.2, 0) is 21.4 Å². The van der Waals surface area contributed by atoms with E-state index in [2.05, 4.69) is 5.32 Å². The Morgan fingerprint density at radius 3 is 2.15 bits per heavy atom. The zero-order valence-electron chi connectivity index (χ0n) is 23.3. The Hall–Kier alpha value is -4.53. The number of nitrogens with zero attached hydrogens (tertiary/aromatic N) is 3. The molecule has 0 unspecified atom stereocenters. The number of imidazole rings is 1. The number of sulfonamides is 1. The number of rotatable bonds is 9. The second-order valence-electron chi connectivity index (χ2n) is 10.1. The lowest BCUT2D eigenvalue weighted by atomic mass is 10.1. The molecule has 8 heteroatoms. The molecule has 0 aliphatic heterocycles. The quantitative estimate of drug-likeness (QED) is 0.228. The van der Waals surface area contributed by atoms with Crippen LogP contribution in [0.2, 0.25) is 0 Å². The fourth-order valence-corrected chi connectivity index (χ4v) is 5.87. The third-order valence-corrected chi connectivity index (χ3v) is 8.78. The van der Waals surface area contributed by atoms with E-state index in [1.54, 1.807) is 24.3 Å². The first-order chi connectivity index (χ1) is 19.7. The number of nitrogens with one attached hydrogen (secondary N) is 1. The van der Waals surface area contributed by atoms with Gasteiger partial charge in [-0.15, -0.1) is 0 Å². The van der Waals surface area contributed by atoms with Crippen LogP contribution in [0.5, 0.6) is 0 Å². The first kappa shape index (κ1) is 28.0. The van der Waals surface area contributed by atoms with E-state index in [0.29, 0.717) is 11.6 Å². The number of aryl methyl sites for hydroxylation is 3.